The van der Waals surface area contributed by atoms with E-state index in [0.717, 1.165) is 11.6 Å². The fourth-order valence-electron chi connectivity index (χ4n) is 1.00. The molecule has 0 atom stereocenters. The van der Waals surface area contributed by atoms with Gasteiger partial charge in [-0.3, -0.25) is 0 Å². The van der Waals surface area contributed by atoms with Gasteiger partial charge in [0, 0.05) is 5.41 Å². The molecule has 1 aromatic carbocycles. The van der Waals surface area contributed by atoms with Gasteiger partial charge < -0.3 is 9.29 Å². The minimum Gasteiger partial charge on any atom is -0.744 e. The smallest absolute Gasteiger partial charge is 0.744 e. The molecular formula is C11H11LiO4S. The molecule has 4 nitrogen and oxygen atoms in total. The summed E-state index contributed by atoms with van der Waals surface area (Å²) in [7, 11) is -4.31. The first-order valence-corrected chi connectivity index (χ1v) is 5.96. The molecule has 0 saturated carbocycles. The van der Waals surface area contributed by atoms with E-state index in [2.05, 4.69) is 6.58 Å². The van der Waals surface area contributed by atoms with Gasteiger partial charge in [0.2, 0.25) is 0 Å². The molecule has 0 unspecified atom stereocenters. The molecular weight excluding hydrogens is 235 g/mol. The van der Waals surface area contributed by atoms with Crippen LogP contribution in [-0.4, -0.2) is 19.6 Å². The maximum absolute atomic E-state index is 10.2. The molecule has 0 N–H and O–H groups in total. The van der Waals surface area contributed by atoms with Crippen molar-refractivity contribution in [2.24, 2.45) is 0 Å². The first-order chi connectivity index (χ1) is 7.51. The fourth-order valence-corrected chi connectivity index (χ4v) is 1.32. The molecule has 0 heterocycles. The molecule has 0 fully saturated rings. The fraction of sp³-hybridized carbons (Fsp3) is 0.0909. The van der Waals surface area contributed by atoms with Crippen molar-refractivity contribution in [3.05, 3.63) is 47.9 Å². The summed E-state index contributed by atoms with van der Waals surface area (Å²) in [4.78, 5) is 0. The molecule has 0 aliphatic carbocycles. The predicted octanol–water partition coefficient (Wildman–Crippen LogP) is -1.23. The average molecular weight is 246 g/mol. The van der Waals surface area contributed by atoms with E-state index in [4.69, 9.17) is 4.74 Å². The topological polar surface area (TPSA) is 66.4 Å². The Bertz CT molecular complexity index is 477. The Morgan fingerprint density at radius 3 is 2.35 bits per heavy atom. The molecule has 0 radical (unpaired) electrons. The zero-order valence-corrected chi connectivity index (χ0v) is 10.3. The van der Waals surface area contributed by atoms with E-state index in [1.54, 1.807) is 18.2 Å². The van der Waals surface area contributed by atoms with Crippen LogP contribution in [0.1, 0.15) is 5.56 Å². The third-order valence-corrected chi connectivity index (χ3v) is 2.25. The average Bonchev–Trinajstić information content (AvgIpc) is 2.24. The van der Waals surface area contributed by atoms with E-state index in [1.165, 1.54) is 0 Å². The van der Waals surface area contributed by atoms with Crippen LogP contribution in [0.4, 0.5) is 0 Å². The van der Waals surface area contributed by atoms with Crippen molar-refractivity contribution < 1.29 is 36.6 Å². The minimum atomic E-state index is -4.31. The summed E-state index contributed by atoms with van der Waals surface area (Å²) >= 11 is 0. The molecule has 1 rings (SSSR count). The van der Waals surface area contributed by atoms with Crippen LogP contribution in [0.3, 0.4) is 0 Å². The quantitative estimate of drug-likeness (QED) is 0.482. The summed E-state index contributed by atoms with van der Waals surface area (Å²) in [6.45, 7) is 3.65. The summed E-state index contributed by atoms with van der Waals surface area (Å²) < 4.78 is 35.8. The second kappa shape index (κ2) is 7.36. The molecule has 0 spiro atoms. The van der Waals surface area contributed by atoms with E-state index >= 15 is 0 Å². The van der Waals surface area contributed by atoms with Crippen LogP contribution in [-0.2, 0) is 10.1 Å². The Morgan fingerprint density at radius 2 is 1.88 bits per heavy atom. The molecule has 0 aliphatic heterocycles. The van der Waals surface area contributed by atoms with Crippen LogP contribution in [0.5, 0.6) is 5.75 Å². The molecule has 1 aromatic rings. The van der Waals surface area contributed by atoms with E-state index in [1.807, 2.05) is 12.1 Å². The van der Waals surface area contributed by atoms with Crippen LogP contribution < -0.4 is 23.6 Å². The third-order valence-electron chi connectivity index (χ3n) is 1.72. The summed E-state index contributed by atoms with van der Waals surface area (Å²) in [5.41, 5.74) is 0.963. The summed E-state index contributed by atoms with van der Waals surface area (Å²) in [5.74, 6) is 0.596. The molecule has 17 heavy (non-hydrogen) atoms. The zero-order chi connectivity index (χ0) is 12.0. The zero-order valence-electron chi connectivity index (χ0n) is 9.50. The van der Waals surface area contributed by atoms with Crippen molar-refractivity contribution >= 4 is 16.2 Å². The van der Waals surface area contributed by atoms with Crippen molar-refractivity contribution in [1.29, 1.82) is 0 Å². The van der Waals surface area contributed by atoms with Crippen molar-refractivity contribution in [3.63, 3.8) is 0 Å². The largest absolute Gasteiger partial charge is 1.00 e. The van der Waals surface area contributed by atoms with Crippen LogP contribution in [0.25, 0.3) is 6.08 Å². The maximum Gasteiger partial charge on any atom is 1.00 e. The second-order valence-corrected chi connectivity index (χ2v) is 4.21. The predicted molar refractivity (Wildman–Crippen MR) is 60.9 cm³/mol. The van der Waals surface area contributed by atoms with Gasteiger partial charge >= 0.3 is 18.9 Å². The van der Waals surface area contributed by atoms with Gasteiger partial charge in [0.05, 0.1) is 0 Å². The van der Waals surface area contributed by atoms with E-state index in [-0.39, 0.29) is 25.5 Å². The first-order valence-electron chi connectivity index (χ1n) is 4.49. The van der Waals surface area contributed by atoms with Crippen molar-refractivity contribution in [2.45, 2.75) is 0 Å². The Kier molecular flexibility index (Phi) is 6.93. The normalized spacial score (nSPS) is 10.9. The van der Waals surface area contributed by atoms with Gasteiger partial charge in [-0.25, -0.2) is 8.42 Å². The van der Waals surface area contributed by atoms with Gasteiger partial charge in [0.15, 0.2) is 0 Å². The van der Waals surface area contributed by atoms with Gasteiger partial charge in [-0.1, -0.05) is 24.8 Å². The number of ether oxygens (including phenoxy) is 1. The summed E-state index contributed by atoms with van der Waals surface area (Å²) in [5, 5.41) is 0.575. The van der Waals surface area contributed by atoms with E-state index in [0.29, 0.717) is 11.2 Å². The Balaban J connectivity index is 0.00000256. The number of hydrogen-bond donors (Lipinski definition) is 0. The third kappa shape index (κ3) is 7.03. The molecule has 0 aliphatic rings. The standard InChI is InChI=1S/C11H12O4S.Li/c1-2-10-4-6-11(7-5-10)15-8-3-9-16(12,13)14;/h2-7,9H,1,8H2,(H,12,13,14);/q;+1/p-1/b9-3-;. The molecule has 0 bridgehead atoms. The maximum atomic E-state index is 10.2. The number of rotatable bonds is 5. The van der Waals surface area contributed by atoms with Crippen LogP contribution in [0.2, 0.25) is 0 Å². The SMILES string of the molecule is C=Cc1ccc(OC/C=C\S(=O)(=O)[O-])cc1.[Li+]. The van der Waals surface area contributed by atoms with Gasteiger partial charge in [-0.05, 0) is 23.8 Å². The monoisotopic (exact) mass is 246 g/mol. The summed E-state index contributed by atoms with van der Waals surface area (Å²) in [6, 6.07) is 7.10. The Labute approximate surface area is 113 Å². The van der Waals surface area contributed by atoms with E-state index < -0.39 is 10.1 Å². The Morgan fingerprint density at radius 1 is 1.29 bits per heavy atom. The molecule has 86 valence electrons. The Hall–Kier alpha value is -0.993. The van der Waals surface area contributed by atoms with Crippen LogP contribution in [0, 0.1) is 0 Å². The first kappa shape index (κ1) is 16.0. The van der Waals surface area contributed by atoms with Crippen LogP contribution >= 0.6 is 0 Å². The number of benzene rings is 1. The van der Waals surface area contributed by atoms with Crippen molar-refractivity contribution in [1.82, 2.24) is 0 Å². The van der Waals surface area contributed by atoms with E-state index in [9.17, 15) is 13.0 Å². The van der Waals surface area contributed by atoms with Crippen molar-refractivity contribution in [3.8, 4) is 5.75 Å². The van der Waals surface area contributed by atoms with Crippen LogP contribution in [0.15, 0.2) is 42.3 Å². The van der Waals surface area contributed by atoms with Gasteiger partial charge in [0.1, 0.15) is 22.5 Å². The molecule has 0 amide bonds. The van der Waals surface area contributed by atoms with Gasteiger partial charge in [0.25, 0.3) is 0 Å². The van der Waals surface area contributed by atoms with Gasteiger partial charge in [-0.2, -0.15) is 0 Å². The van der Waals surface area contributed by atoms with Gasteiger partial charge in [-0.15, -0.1) is 0 Å². The molecule has 0 saturated heterocycles. The number of hydrogen-bond acceptors (Lipinski definition) is 4. The molecule has 6 heteroatoms. The summed E-state index contributed by atoms with van der Waals surface area (Å²) in [6.07, 6.45) is 2.86. The van der Waals surface area contributed by atoms with Crippen molar-refractivity contribution in [2.75, 3.05) is 6.61 Å². The second-order valence-electron chi connectivity index (χ2n) is 2.95. The minimum absolute atomic E-state index is 0. The molecule has 0 aromatic heterocycles.